The Morgan fingerprint density at radius 2 is 2.00 bits per heavy atom. The number of halogens is 1. The van der Waals surface area contributed by atoms with Crippen molar-refractivity contribution >= 4 is 23.5 Å². The van der Waals surface area contributed by atoms with Gasteiger partial charge in [0.15, 0.2) is 0 Å². The highest BCUT2D eigenvalue weighted by Gasteiger charge is 2.02. The largest absolute Gasteiger partial charge is 0.368 e. The minimum Gasteiger partial charge on any atom is -0.368 e. The van der Waals surface area contributed by atoms with Crippen LogP contribution in [0.5, 0.6) is 0 Å². The zero-order chi connectivity index (χ0) is 12.7. The van der Waals surface area contributed by atoms with Gasteiger partial charge in [-0.1, -0.05) is 31.4 Å². The Labute approximate surface area is 104 Å². The van der Waals surface area contributed by atoms with E-state index in [9.17, 15) is 0 Å². The SMILES string of the molecule is C=C/C=C\C(=C/C=C)Nc1nc(N)nc(Cl)n1. The normalized spacial score (nSPS) is 11.5. The lowest BCUT2D eigenvalue weighted by atomic mass is 10.3. The van der Waals surface area contributed by atoms with Crippen LogP contribution in [-0.2, 0) is 0 Å². The fourth-order valence-corrected chi connectivity index (χ4v) is 1.15. The third-order valence-corrected chi connectivity index (χ3v) is 1.76. The molecule has 3 N–H and O–H groups in total. The number of allylic oxidation sites excluding steroid dienone is 5. The summed E-state index contributed by atoms with van der Waals surface area (Å²) in [6.07, 6.45) is 8.56. The number of nitrogens with two attached hydrogens (primary N) is 1. The van der Waals surface area contributed by atoms with Gasteiger partial charge in [-0.25, -0.2) is 0 Å². The standard InChI is InChI=1S/C11H12ClN5/c1-3-5-7-8(6-4-2)14-11-16-9(12)15-10(13)17-11/h3-7H,1-2H2,(H3,13,14,15,16,17)/b7-5-,8-6+. The van der Waals surface area contributed by atoms with Crippen LogP contribution in [0.25, 0.3) is 0 Å². The molecule has 0 aromatic carbocycles. The first-order valence-electron chi connectivity index (χ1n) is 4.71. The summed E-state index contributed by atoms with van der Waals surface area (Å²) in [5.74, 6) is 0.322. The zero-order valence-corrected chi connectivity index (χ0v) is 9.85. The van der Waals surface area contributed by atoms with E-state index in [0.717, 1.165) is 5.70 Å². The fraction of sp³-hybridized carbons (Fsp3) is 0. The molecule has 0 spiro atoms. The average molecular weight is 250 g/mol. The molecule has 1 aromatic heterocycles. The number of nitrogens with zero attached hydrogens (tertiary/aromatic N) is 3. The molecule has 0 amide bonds. The second kappa shape index (κ2) is 6.44. The van der Waals surface area contributed by atoms with Gasteiger partial charge in [0.05, 0.1) is 0 Å². The third-order valence-electron chi connectivity index (χ3n) is 1.59. The van der Waals surface area contributed by atoms with Crippen molar-refractivity contribution in [3.63, 3.8) is 0 Å². The van der Waals surface area contributed by atoms with Crippen molar-refractivity contribution in [3.8, 4) is 0 Å². The number of rotatable bonds is 5. The summed E-state index contributed by atoms with van der Waals surface area (Å²) < 4.78 is 0. The quantitative estimate of drug-likeness (QED) is 0.784. The molecule has 5 nitrogen and oxygen atoms in total. The predicted octanol–water partition coefficient (Wildman–Crippen LogP) is 2.33. The van der Waals surface area contributed by atoms with Gasteiger partial charge in [0.25, 0.3) is 0 Å². The van der Waals surface area contributed by atoms with Crippen LogP contribution in [-0.4, -0.2) is 15.0 Å². The second-order valence-electron chi connectivity index (χ2n) is 2.86. The Morgan fingerprint density at radius 3 is 2.59 bits per heavy atom. The summed E-state index contributed by atoms with van der Waals surface area (Å²) in [6, 6.07) is 0. The van der Waals surface area contributed by atoms with Crippen LogP contribution in [0.1, 0.15) is 0 Å². The Morgan fingerprint density at radius 1 is 1.24 bits per heavy atom. The van der Waals surface area contributed by atoms with E-state index >= 15 is 0 Å². The summed E-state index contributed by atoms with van der Waals surface area (Å²) >= 11 is 5.66. The van der Waals surface area contributed by atoms with Crippen LogP contribution < -0.4 is 11.1 Å². The van der Waals surface area contributed by atoms with E-state index in [4.69, 9.17) is 17.3 Å². The van der Waals surface area contributed by atoms with E-state index in [1.807, 2.05) is 0 Å². The average Bonchev–Trinajstić information content (AvgIpc) is 2.24. The first kappa shape index (κ1) is 12.9. The smallest absolute Gasteiger partial charge is 0.233 e. The Hall–Kier alpha value is -2.14. The van der Waals surface area contributed by atoms with Gasteiger partial charge >= 0.3 is 0 Å². The zero-order valence-electron chi connectivity index (χ0n) is 9.10. The van der Waals surface area contributed by atoms with Crippen LogP contribution in [0.4, 0.5) is 11.9 Å². The van der Waals surface area contributed by atoms with E-state index in [-0.39, 0.29) is 17.2 Å². The molecule has 0 saturated carbocycles. The molecule has 1 rings (SSSR count). The monoisotopic (exact) mass is 249 g/mol. The number of anilines is 2. The van der Waals surface area contributed by atoms with E-state index in [2.05, 4.69) is 33.4 Å². The predicted molar refractivity (Wildman–Crippen MR) is 70.5 cm³/mol. The van der Waals surface area contributed by atoms with Crippen LogP contribution >= 0.6 is 11.6 Å². The summed E-state index contributed by atoms with van der Waals surface area (Å²) in [5, 5.41) is 2.96. The second-order valence-corrected chi connectivity index (χ2v) is 3.20. The molecule has 1 heterocycles. The Kier molecular flexibility index (Phi) is 4.90. The third kappa shape index (κ3) is 4.48. The molecule has 0 fully saturated rings. The summed E-state index contributed by atoms with van der Waals surface area (Å²) in [5.41, 5.74) is 6.17. The molecular formula is C11H12ClN5. The molecule has 0 aliphatic carbocycles. The van der Waals surface area contributed by atoms with Gasteiger partial charge in [-0.2, -0.15) is 15.0 Å². The molecule has 0 atom stereocenters. The number of nitrogen functional groups attached to an aromatic ring is 1. The van der Waals surface area contributed by atoms with E-state index in [1.165, 1.54) is 0 Å². The summed E-state index contributed by atoms with van der Waals surface area (Å²) in [4.78, 5) is 11.4. The number of nitrogens with one attached hydrogen (secondary N) is 1. The van der Waals surface area contributed by atoms with Gasteiger partial charge in [-0.3, -0.25) is 0 Å². The lowest BCUT2D eigenvalue weighted by Gasteiger charge is -2.05. The van der Waals surface area contributed by atoms with Gasteiger partial charge in [-0.15, -0.1) is 0 Å². The maximum absolute atomic E-state index is 5.66. The van der Waals surface area contributed by atoms with Crippen molar-refractivity contribution in [2.45, 2.75) is 0 Å². The van der Waals surface area contributed by atoms with Crippen molar-refractivity contribution in [3.05, 3.63) is 54.5 Å². The van der Waals surface area contributed by atoms with Crippen molar-refractivity contribution < 1.29 is 0 Å². The van der Waals surface area contributed by atoms with Crippen LogP contribution in [0, 0.1) is 0 Å². The van der Waals surface area contributed by atoms with Gasteiger partial charge < -0.3 is 11.1 Å². The molecule has 1 aromatic rings. The first-order valence-corrected chi connectivity index (χ1v) is 5.09. The van der Waals surface area contributed by atoms with Crippen molar-refractivity contribution in [2.75, 3.05) is 11.1 Å². The maximum atomic E-state index is 5.66. The molecule has 0 aliphatic heterocycles. The van der Waals surface area contributed by atoms with E-state index in [0.29, 0.717) is 0 Å². The van der Waals surface area contributed by atoms with Gasteiger partial charge in [0.1, 0.15) is 0 Å². The summed E-state index contributed by atoms with van der Waals surface area (Å²) in [7, 11) is 0. The van der Waals surface area contributed by atoms with Crippen LogP contribution in [0.2, 0.25) is 5.28 Å². The molecular weight excluding hydrogens is 238 g/mol. The molecule has 0 bridgehead atoms. The maximum Gasteiger partial charge on any atom is 0.233 e. The highest BCUT2D eigenvalue weighted by molar-refractivity contribution is 6.28. The van der Waals surface area contributed by atoms with Crippen molar-refractivity contribution in [1.29, 1.82) is 0 Å². The van der Waals surface area contributed by atoms with Crippen molar-refractivity contribution in [1.82, 2.24) is 15.0 Å². The molecule has 0 aliphatic rings. The Bertz CT molecular complexity index is 459. The van der Waals surface area contributed by atoms with Gasteiger partial charge in [0.2, 0.25) is 17.2 Å². The van der Waals surface area contributed by atoms with Gasteiger partial charge in [-0.05, 0) is 23.8 Å². The molecule has 0 unspecified atom stereocenters. The topological polar surface area (TPSA) is 76.7 Å². The minimum absolute atomic E-state index is 0.0330. The number of hydrogen-bond acceptors (Lipinski definition) is 5. The Balaban J connectivity index is 2.93. The highest BCUT2D eigenvalue weighted by atomic mass is 35.5. The van der Waals surface area contributed by atoms with Crippen LogP contribution in [0.15, 0.2) is 49.2 Å². The highest BCUT2D eigenvalue weighted by Crippen LogP contribution is 2.10. The lowest BCUT2D eigenvalue weighted by molar-refractivity contribution is 1.06. The van der Waals surface area contributed by atoms with E-state index < -0.39 is 0 Å². The van der Waals surface area contributed by atoms with Gasteiger partial charge in [0, 0.05) is 5.70 Å². The summed E-state index contributed by atoms with van der Waals surface area (Å²) in [6.45, 7) is 7.18. The lowest BCUT2D eigenvalue weighted by Crippen LogP contribution is -2.05. The van der Waals surface area contributed by atoms with Crippen LogP contribution in [0.3, 0.4) is 0 Å². The minimum atomic E-state index is 0.0330. The fourth-order valence-electron chi connectivity index (χ4n) is 0.988. The molecule has 88 valence electrons. The number of aromatic nitrogens is 3. The molecule has 17 heavy (non-hydrogen) atoms. The van der Waals surface area contributed by atoms with E-state index in [1.54, 1.807) is 30.4 Å². The molecule has 6 heteroatoms. The van der Waals surface area contributed by atoms with Crippen molar-refractivity contribution in [2.24, 2.45) is 0 Å². The number of hydrogen-bond donors (Lipinski definition) is 2. The molecule has 0 radical (unpaired) electrons. The first-order chi connectivity index (χ1) is 8.15. The molecule has 0 saturated heterocycles.